The first-order valence-electron chi connectivity index (χ1n) is 11.6. The van der Waals surface area contributed by atoms with Crippen molar-refractivity contribution < 1.29 is 38.5 Å². The summed E-state index contributed by atoms with van der Waals surface area (Å²) in [5, 5.41) is 25.7. The van der Waals surface area contributed by atoms with Crippen LogP contribution in [0.15, 0.2) is 57.7 Å². The van der Waals surface area contributed by atoms with Crippen molar-refractivity contribution in [3.8, 4) is 17.2 Å². The number of aromatic hydroxyl groups is 2. The van der Waals surface area contributed by atoms with Gasteiger partial charge in [0.1, 0.15) is 5.76 Å². The first-order valence-corrected chi connectivity index (χ1v) is 11.6. The standard InChI is InChI=1S/C27H28N2O9/c1-15-12-21(31)25(34)26(38-15)19(17-6-9-20(30)22(13-17)36-2)14-24(33)28-11-10-23(32)29-18-7-4-16(5-8-18)27(35)37-3/h4-9,12-13,19,30,34H,10-11,14H2,1-3H3,(H,28,33)(H,29,32)/t19-/m0/s1. The summed E-state index contributed by atoms with van der Waals surface area (Å²) in [5.41, 5.74) is 0.609. The number of phenolic OH excluding ortho intramolecular Hbond substituents is 1. The lowest BCUT2D eigenvalue weighted by Gasteiger charge is -2.19. The van der Waals surface area contributed by atoms with Gasteiger partial charge in [-0.15, -0.1) is 0 Å². The molecular weight excluding hydrogens is 496 g/mol. The molecule has 0 aliphatic heterocycles. The van der Waals surface area contributed by atoms with Crippen LogP contribution in [0.25, 0.3) is 0 Å². The van der Waals surface area contributed by atoms with Gasteiger partial charge in [-0.25, -0.2) is 4.79 Å². The van der Waals surface area contributed by atoms with E-state index < -0.39 is 29.0 Å². The van der Waals surface area contributed by atoms with Gasteiger partial charge in [-0.05, 0) is 48.9 Å². The van der Waals surface area contributed by atoms with Crippen LogP contribution >= 0.6 is 0 Å². The van der Waals surface area contributed by atoms with Crippen LogP contribution in [0.4, 0.5) is 5.69 Å². The normalized spacial score (nSPS) is 11.3. The molecule has 0 aliphatic rings. The molecule has 11 heteroatoms. The molecular formula is C27H28N2O9. The Bertz CT molecular complexity index is 1380. The average molecular weight is 525 g/mol. The van der Waals surface area contributed by atoms with Crippen LogP contribution in [0.2, 0.25) is 0 Å². The predicted octanol–water partition coefficient (Wildman–Crippen LogP) is 2.82. The Kier molecular flexibility index (Phi) is 9.09. The fourth-order valence-corrected chi connectivity index (χ4v) is 3.74. The van der Waals surface area contributed by atoms with E-state index in [4.69, 9.17) is 9.15 Å². The van der Waals surface area contributed by atoms with Gasteiger partial charge in [0, 0.05) is 31.1 Å². The fourth-order valence-electron chi connectivity index (χ4n) is 3.74. The van der Waals surface area contributed by atoms with Gasteiger partial charge >= 0.3 is 5.97 Å². The van der Waals surface area contributed by atoms with E-state index in [1.54, 1.807) is 19.1 Å². The molecule has 0 unspecified atom stereocenters. The monoisotopic (exact) mass is 524 g/mol. The Morgan fingerprint density at radius 3 is 2.37 bits per heavy atom. The van der Waals surface area contributed by atoms with Gasteiger partial charge in [0.15, 0.2) is 17.3 Å². The lowest BCUT2D eigenvalue weighted by Crippen LogP contribution is -2.29. The number of aryl methyl sites for hydroxylation is 1. The van der Waals surface area contributed by atoms with Crippen molar-refractivity contribution in [3.63, 3.8) is 0 Å². The third kappa shape index (κ3) is 6.90. The van der Waals surface area contributed by atoms with Crippen molar-refractivity contribution in [2.75, 3.05) is 26.1 Å². The number of nitrogens with one attached hydrogen (secondary N) is 2. The lowest BCUT2D eigenvalue weighted by atomic mass is 9.91. The van der Waals surface area contributed by atoms with E-state index in [9.17, 15) is 29.4 Å². The molecule has 200 valence electrons. The first-order chi connectivity index (χ1) is 18.1. The molecule has 2 amide bonds. The number of carbonyl (C=O) groups is 3. The number of benzene rings is 2. The summed E-state index contributed by atoms with van der Waals surface area (Å²) in [6, 6.07) is 11.6. The highest BCUT2D eigenvalue weighted by Crippen LogP contribution is 2.37. The number of esters is 1. The Morgan fingerprint density at radius 2 is 1.71 bits per heavy atom. The summed E-state index contributed by atoms with van der Waals surface area (Å²) in [4.78, 5) is 48.8. The number of ether oxygens (including phenoxy) is 2. The molecule has 1 atom stereocenters. The number of hydrogen-bond donors (Lipinski definition) is 4. The Labute approximate surface area is 218 Å². The molecule has 3 rings (SSSR count). The maximum atomic E-state index is 12.8. The highest BCUT2D eigenvalue weighted by molar-refractivity contribution is 5.93. The molecule has 0 saturated heterocycles. The SMILES string of the molecule is COC(=O)c1ccc(NC(=O)CCNC(=O)C[C@@H](c2ccc(O)c(OC)c2)c2oc(C)cc(=O)c2O)cc1. The number of amides is 2. The van der Waals surface area contributed by atoms with Crippen LogP contribution in [0.3, 0.4) is 0 Å². The molecule has 11 nitrogen and oxygen atoms in total. The second-order valence-electron chi connectivity index (χ2n) is 8.34. The van der Waals surface area contributed by atoms with Crippen LogP contribution in [-0.2, 0) is 14.3 Å². The quantitative estimate of drug-likeness (QED) is 0.292. The number of methoxy groups -OCH3 is 2. The van der Waals surface area contributed by atoms with Crippen molar-refractivity contribution in [1.29, 1.82) is 0 Å². The van der Waals surface area contributed by atoms with E-state index in [1.165, 1.54) is 44.6 Å². The molecule has 1 aromatic heterocycles. The van der Waals surface area contributed by atoms with Crippen LogP contribution in [0.5, 0.6) is 17.2 Å². The zero-order chi connectivity index (χ0) is 27.8. The van der Waals surface area contributed by atoms with E-state index in [0.717, 1.165) is 6.07 Å². The highest BCUT2D eigenvalue weighted by atomic mass is 16.5. The van der Waals surface area contributed by atoms with Crippen LogP contribution in [0.1, 0.15) is 46.2 Å². The van der Waals surface area contributed by atoms with Gasteiger partial charge in [0.25, 0.3) is 0 Å². The summed E-state index contributed by atoms with van der Waals surface area (Å²) in [5.74, 6) is -2.69. The summed E-state index contributed by atoms with van der Waals surface area (Å²) in [7, 11) is 2.64. The van der Waals surface area contributed by atoms with Crippen LogP contribution in [-0.4, -0.2) is 48.8 Å². The maximum Gasteiger partial charge on any atom is 0.337 e. The third-order valence-corrected chi connectivity index (χ3v) is 5.65. The van der Waals surface area contributed by atoms with Crippen molar-refractivity contribution in [2.24, 2.45) is 0 Å². The van der Waals surface area contributed by atoms with E-state index in [0.29, 0.717) is 16.8 Å². The summed E-state index contributed by atoms with van der Waals surface area (Å²) in [6.07, 6.45) is -0.266. The zero-order valence-electron chi connectivity index (χ0n) is 21.1. The third-order valence-electron chi connectivity index (χ3n) is 5.65. The Morgan fingerprint density at radius 1 is 1.00 bits per heavy atom. The van der Waals surface area contributed by atoms with Gasteiger partial charge in [0.05, 0.1) is 25.7 Å². The summed E-state index contributed by atoms with van der Waals surface area (Å²) in [6.45, 7) is 1.56. The Balaban J connectivity index is 1.68. The smallest absolute Gasteiger partial charge is 0.337 e. The molecule has 4 N–H and O–H groups in total. The van der Waals surface area contributed by atoms with E-state index >= 15 is 0 Å². The second-order valence-corrected chi connectivity index (χ2v) is 8.34. The zero-order valence-corrected chi connectivity index (χ0v) is 21.1. The predicted molar refractivity (Wildman–Crippen MR) is 137 cm³/mol. The Hall–Kier alpha value is -4.80. The number of carbonyl (C=O) groups excluding carboxylic acids is 3. The highest BCUT2D eigenvalue weighted by Gasteiger charge is 2.26. The first kappa shape index (κ1) is 27.8. The number of anilines is 1. The van der Waals surface area contributed by atoms with Crippen LogP contribution < -0.4 is 20.8 Å². The number of phenols is 1. The van der Waals surface area contributed by atoms with Crippen LogP contribution in [0, 0.1) is 6.92 Å². The van der Waals surface area contributed by atoms with Crippen molar-refractivity contribution in [2.45, 2.75) is 25.7 Å². The summed E-state index contributed by atoms with van der Waals surface area (Å²) < 4.78 is 15.4. The van der Waals surface area contributed by atoms with E-state index in [2.05, 4.69) is 15.4 Å². The van der Waals surface area contributed by atoms with Crippen molar-refractivity contribution in [1.82, 2.24) is 5.32 Å². The summed E-state index contributed by atoms with van der Waals surface area (Å²) >= 11 is 0. The van der Waals surface area contributed by atoms with Crippen molar-refractivity contribution in [3.05, 3.63) is 81.4 Å². The van der Waals surface area contributed by atoms with E-state index in [-0.39, 0.29) is 48.3 Å². The minimum atomic E-state index is -0.890. The largest absolute Gasteiger partial charge is 0.504 e. The maximum absolute atomic E-state index is 12.8. The second kappa shape index (κ2) is 12.4. The molecule has 0 radical (unpaired) electrons. The van der Waals surface area contributed by atoms with Gasteiger partial charge in [-0.1, -0.05) is 6.07 Å². The minimum absolute atomic E-state index is 0.0142. The molecule has 3 aromatic rings. The molecule has 0 aliphatic carbocycles. The number of hydrogen-bond acceptors (Lipinski definition) is 9. The molecule has 0 spiro atoms. The minimum Gasteiger partial charge on any atom is -0.504 e. The number of rotatable bonds is 10. The molecule has 2 aromatic carbocycles. The van der Waals surface area contributed by atoms with Gasteiger partial charge in [-0.3, -0.25) is 14.4 Å². The molecule has 0 fully saturated rings. The van der Waals surface area contributed by atoms with Crippen molar-refractivity contribution >= 4 is 23.5 Å². The molecule has 0 bridgehead atoms. The molecule has 38 heavy (non-hydrogen) atoms. The molecule has 1 heterocycles. The van der Waals surface area contributed by atoms with Gasteiger partial charge in [0.2, 0.25) is 23.0 Å². The lowest BCUT2D eigenvalue weighted by molar-refractivity contribution is -0.121. The van der Waals surface area contributed by atoms with Gasteiger partial charge < -0.3 is 34.7 Å². The van der Waals surface area contributed by atoms with Gasteiger partial charge in [-0.2, -0.15) is 0 Å². The van der Waals surface area contributed by atoms with E-state index in [1.807, 2.05) is 0 Å². The average Bonchev–Trinajstić information content (AvgIpc) is 2.89. The molecule has 0 saturated carbocycles. The topological polar surface area (TPSA) is 164 Å². The fraction of sp³-hybridized carbons (Fsp3) is 0.259.